The highest BCUT2D eigenvalue weighted by Crippen LogP contribution is 2.26. The lowest BCUT2D eigenvalue weighted by molar-refractivity contribution is -0.139. The van der Waals surface area contributed by atoms with Gasteiger partial charge in [-0.05, 0) is 29.5 Å². The lowest BCUT2D eigenvalue weighted by Crippen LogP contribution is -2.31. The highest BCUT2D eigenvalue weighted by Gasteiger charge is 2.22. The Morgan fingerprint density at radius 2 is 1.90 bits per heavy atom. The van der Waals surface area contributed by atoms with Gasteiger partial charge in [0.05, 0.1) is 12.0 Å². The van der Waals surface area contributed by atoms with Crippen molar-refractivity contribution in [3.05, 3.63) is 29.3 Å². The Bertz CT molecular complexity index is 600. The highest BCUT2D eigenvalue weighted by atomic mass is 32.2. The molecule has 5 nitrogen and oxygen atoms in total. The number of hydrogen-bond donors (Lipinski definition) is 1. The fourth-order valence-electron chi connectivity index (χ4n) is 1.66. The molecule has 1 rings (SSSR count). The Morgan fingerprint density at radius 1 is 1.30 bits per heavy atom. The van der Waals surface area contributed by atoms with Gasteiger partial charge in [0.2, 0.25) is 10.0 Å². The Balaban J connectivity index is 3.14. The third kappa shape index (κ3) is 4.05. The number of hydrogen-bond acceptors (Lipinski definition) is 4. The van der Waals surface area contributed by atoms with E-state index in [1.165, 1.54) is 7.11 Å². The van der Waals surface area contributed by atoms with E-state index in [0.717, 1.165) is 5.56 Å². The molecule has 1 aromatic carbocycles. The van der Waals surface area contributed by atoms with Crippen LogP contribution in [-0.2, 0) is 25.0 Å². The maximum Gasteiger partial charge on any atom is 0.320 e. The minimum Gasteiger partial charge on any atom is -0.468 e. The number of carbonyl (C=O) groups excluding carboxylic acids is 1. The molecule has 0 aliphatic heterocycles. The fraction of sp³-hybridized carbons (Fsp3) is 0.500. The van der Waals surface area contributed by atoms with Gasteiger partial charge in [0.25, 0.3) is 0 Å². The molecular formula is C14H21NO4S. The van der Waals surface area contributed by atoms with Crippen LogP contribution in [0.3, 0.4) is 0 Å². The van der Waals surface area contributed by atoms with Gasteiger partial charge in [-0.15, -0.1) is 0 Å². The van der Waals surface area contributed by atoms with Crippen LogP contribution in [0.2, 0.25) is 0 Å². The summed E-state index contributed by atoms with van der Waals surface area (Å²) in [5.41, 5.74) is 1.40. The fourth-order valence-corrected chi connectivity index (χ4v) is 2.90. The molecule has 0 heterocycles. The van der Waals surface area contributed by atoms with E-state index in [-0.39, 0.29) is 16.9 Å². The SMILES string of the molecule is COC(=O)CNS(=O)(=O)c1cc(C(C)(C)C)ccc1C. The number of aryl methyl sites for hydroxylation is 1. The van der Waals surface area contributed by atoms with E-state index >= 15 is 0 Å². The first-order valence-electron chi connectivity index (χ1n) is 6.25. The van der Waals surface area contributed by atoms with Crippen molar-refractivity contribution in [2.24, 2.45) is 0 Å². The number of sulfonamides is 1. The molecule has 0 radical (unpaired) electrons. The van der Waals surface area contributed by atoms with Crippen molar-refractivity contribution in [1.29, 1.82) is 0 Å². The second-order valence-electron chi connectivity index (χ2n) is 5.63. The molecule has 0 saturated heterocycles. The van der Waals surface area contributed by atoms with Gasteiger partial charge in [0.15, 0.2) is 0 Å². The Labute approximate surface area is 120 Å². The van der Waals surface area contributed by atoms with Gasteiger partial charge in [-0.1, -0.05) is 32.9 Å². The average molecular weight is 299 g/mol. The third-order valence-electron chi connectivity index (χ3n) is 2.98. The molecular weight excluding hydrogens is 278 g/mol. The number of ether oxygens (including phenoxy) is 1. The maximum atomic E-state index is 12.2. The zero-order valence-corrected chi connectivity index (χ0v) is 13.3. The first kappa shape index (κ1) is 16.7. The minimum absolute atomic E-state index is 0.152. The van der Waals surface area contributed by atoms with Crippen molar-refractivity contribution in [3.8, 4) is 0 Å². The molecule has 0 aromatic heterocycles. The van der Waals surface area contributed by atoms with Gasteiger partial charge in [-0.2, -0.15) is 4.72 Å². The molecule has 0 saturated carbocycles. The largest absolute Gasteiger partial charge is 0.468 e. The van der Waals surface area contributed by atoms with Gasteiger partial charge in [0.1, 0.15) is 6.54 Å². The van der Waals surface area contributed by atoms with E-state index in [2.05, 4.69) is 9.46 Å². The van der Waals surface area contributed by atoms with E-state index in [4.69, 9.17) is 0 Å². The molecule has 0 unspecified atom stereocenters. The van der Waals surface area contributed by atoms with Crippen molar-refractivity contribution >= 4 is 16.0 Å². The Kier molecular flexibility index (Phi) is 4.94. The van der Waals surface area contributed by atoms with Crippen LogP contribution in [-0.4, -0.2) is 28.0 Å². The Morgan fingerprint density at radius 3 is 2.40 bits per heavy atom. The topological polar surface area (TPSA) is 72.5 Å². The summed E-state index contributed by atoms with van der Waals surface area (Å²) in [6.07, 6.45) is 0. The molecule has 6 heteroatoms. The predicted octanol–water partition coefficient (Wildman–Crippen LogP) is 1.74. The lowest BCUT2D eigenvalue weighted by atomic mass is 9.87. The van der Waals surface area contributed by atoms with E-state index in [9.17, 15) is 13.2 Å². The van der Waals surface area contributed by atoms with Crippen LogP contribution in [0, 0.1) is 6.92 Å². The highest BCUT2D eigenvalue weighted by molar-refractivity contribution is 7.89. The lowest BCUT2D eigenvalue weighted by Gasteiger charge is -2.20. The van der Waals surface area contributed by atoms with Crippen molar-refractivity contribution in [1.82, 2.24) is 4.72 Å². The summed E-state index contributed by atoms with van der Waals surface area (Å²) < 4.78 is 31.1. The van der Waals surface area contributed by atoms with Gasteiger partial charge < -0.3 is 4.74 Å². The van der Waals surface area contributed by atoms with Crippen LogP contribution in [0.1, 0.15) is 31.9 Å². The van der Waals surface area contributed by atoms with Gasteiger partial charge in [0, 0.05) is 0 Å². The summed E-state index contributed by atoms with van der Waals surface area (Å²) >= 11 is 0. The van der Waals surface area contributed by atoms with Crippen LogP contribution >= 0.6 is 0 Å². The average Bonchev–Trinajstić information content (AvgIpc) is 2.34. The van der Waals surface area contributed by atoms with Gasteiger partial charge in [-0.3, -0.25) is 4.79 Å². The Hall–Kier alpha value is -1.40. The maximum absolute atomic E-state index is 12.2. The van der Waals surface area contributed by atoms with E-state index in [0.29, 0.717) is 5.56 Å². The zero-order valence-electron chi connectivity index (χ0n) is 12.5. The number of methoxy groups -OCH3 is 1. The van der Waals surface area contributed by atoms with Crippen molar-refractivity contribution in [3.63, 3.8) is 0 Å². The molecule has 20 heavy (non-hydrogen) atoms. The molecule has 0 bridgehead atoms. The predicted molar refractivity (Wildman–Crippen MR) is 77.1 cm³/mol. The summed E-state index contributed by atoms with van der Waals surface area (Å²) in [7, 11) is -2.52. The number of carbonyl (C=O) groups is 1. The molecule has 0 aliphatic carbocycles. The van der Waals surface area contributed by atoms with Crippen molar-refractivity contribution in [2.75, 3.05) is 13.7 Å². The van der Waals surface area contributed by atoms with E-state index in [1.54, 1.807) is 19.1 Å². The summed E-state index contributed by atoms with van der Waals surface area (Å²) in [6, 6.07) is 5.33. The number of rotatable bonds is 4. The second kappa shape index (κ2) is 5.93. The number of nitrogens with one attached hydrogen (secondary N) is 1. The molecule has 0 amide bonds. The minimum atomic E-state index is -3.73. The molecule has 0 aliphatic rings. The number of benzene rings is 1. The third-order valence-corrected chi connectivity index (χ3v) is 4.52. The van der Waals surface area contributed by atoms with Crippen LogP contribution in [0.4, 0.5) is 0 Å². The van der Waals surface area contributed by atoms with E-state index < -0.39 is 16.0 Å². The molecule has 0 spiro atoms. The number of esters is 1. The quantitative estimate of drug-likeness (QED) is 0.860. The van der Waals surface area contributed by atoms with Crippen LogP contribution in [0.5, 0.6) is 0 Å². The molecule has 112 valence electrons. The summed E-state index contributed by atoms with van der Waals surface area (Å²) in [6.45, 7) is 7.37. The smallest absolute Gasteiger partial charge is 0.320 e. The molecule has 0 atom stereocenters. The van der Waals surface area contributed by atoms with Crippen LogP contribution in [0.25, 0.3) is 0 Å². The normalized spacial score (nSPS) is 12.2. The van der Waals surface area contributed by atoms with Crippen LogP contribution < -0.4 is 4.72 Å². The second-order valence-corrected chi connectivity index (χ2v) is 7.37. The zero-order chi connectivity index (χ0) is 15.6. The van der Waals surface area contributed by atoms with Crippen molar-refractivity contribution in [2.45, 2.75) is 38.0 Å². The molecule has 1 N–H and O–H groups in total. The van der Waals surface area contributed by atoms with E-state index in [1.807, 2.05) is 26.8 Å². The summed E-state index contributed by atoms with van der Waals surface area (Å²) in [5.74, 6) is -0.627. The standard InChI is InChI=1S/C14H21NO4S/c1-10-6-7-11(14(2,3)4)8-12(10)20(17,18)15-9-13(16)19-5/h6-8,15H,9H2,1-5H3. The summed E-state index contributed by atoms with van der Waals surface area (Å²) in [4.78, 5) is 11.2. The first-order valence-corrected chi connectivity index (χ1v) is 7.74. The van der Waals surface area contributed by atoms with Gasteiger partial charge >= 0.3 is 5.97 Å². The summed E-state index contributed by atoms with van der Waals surface area (Å²) in [5, 5.41) is 0. The van der Waals surface area contributed by atoms with Crippen molar-refractivity contribution < 1.29 is 17.9 Å². The van der Waals surface area contributed by atoms with Crippen LogP contribution in [0.15, 0.2) is 23.1 Å². The monoisotopic (exact) mass is 299 g/mol. The van der Waals surface area contributed by atoms with Gasteiger partial charge in [-0.25, -0.2) is 8.42 Å². The first-order chi connectivity index (χ1) is 9.08. The molecule has 0 fully saturated rings. The molecule has 1 aromatic rings.